The van der Waals surface area contributed by atoms with Gasteiger partial charge in [-0.05, 0) is 87.4 Å². The molecule has 2 aliphatic carbocycles. The molecule has 14 heteroatoms. The van der Waals surface area contributed by atoms with Crippen LogP contribution in [0.2, 0.25) is 0 Å². The summed E-state index contributed by atoms with van der Waals surface area (Å²) in [5.41, 5.74) is 4.08. The molecule has 2 atom stereocenters. The molecule has 4 aliphatic rings. The monoisotopic (exact) mass is 763 g/mol. The van der Waals surface area contributed by atoms with Crippen LogP contribution in [0.25, 0.3) is 22.2 Å². The second-order valence-electron chi connectivity index (χ2n) is 16.3. The second-order valence-corrected chi connectivity index (χ2v) is 18.1. The van der Waals surface area contributed by atoms with Crippen LogP contribution < -0.4 is 9.46 Å². The highest BCUT2D eigenvalue weighted by Gasteiger charge is 2.64. The SMILES string of the molecule is COC(=O)C12CC1c1cc(OC)ccc1-c1c(C3CCCCC3)c3ccc(C(=O)NS(=O)(=O)N(C)CCN4CCN(C(=O)OC(C)(C)C)CC4)cc3n1C2. The molecule has 1 N–H and O–H groups in total. The minimum absolute atomic E-state index is 0.0368. The van der Waals surface area contributed by atoms with Crippen molar-refractivity contribution in [2.45, 2.75) is 83.3 Å². The molecule has 54 heavy (non-hydrogen) atoms. The molecule has 7 rings (SSSR count). The van der Waals surface area contributed by atoms with Gasteiger partial charge in [-0.15, -0.1) is 0 Å². The smallest absolute Gasteiger partial charge is 0.410 e. The normalized spacial score (nSPS) is 21.8. The second kappa shape index (κ2) is 14.5. The summed E-state index contributed by atoms with van der Waals surface area (Å²) in [6.07, 6.45) is 5.86. The number of amides is 2. The lowest BCUT2D eigenvalue weighted by molar-refractivity contribution is -0.147. The average Bonchev–Trinajstić information content (AvgIpc) is 3.82. The summed E-state index contributed by atoms with van der Waals surface area (Å²) in [4.78, 5) is 43.4. The number of aromatic nitrogens is 1. The van der Waals surface area contributed by atoms with Gasteiger partial charge in [0.05, 0.1) is 25.3 Å². The number of likely N-dealkylation sites (N-methyl/N-ethyl adjacent to an activating group) is 1. The number of piperazine rings is 1. The molecule has 1 saturated heterocycles. The Morgan fingerprint density at radius 3 is 2.37 bits per heavy atom. The van der Waals surface area contributed by atoms with Crippen molar-refractivity contribution >= 4 is 39.1 Å². The lowest BCUT2D eigenvalue weighted by atomic mass is 9.81. The van der Waals surface area contributed by atoms with Gasteiger partial charge >= 0.3 is 22.3 Å². The van der Waals surface area contributed by atoms with Gasteiger partial charge in [-0.25, -0.2) is 9.52 Å². The van der Waals surface area contributed by atoms with Crippen molar-refractivity contribution in [2.24, 2.45) is 5.41 Å². The van der Waals surface area contributed by atoms with Crippen LogP contribution in [-0.2, 0) is 31.0 Å². The molecule has 2 saturated carbocycles. The van der Waals surface area contributed by atoms with Crippen LogP contribution >= 0.6 is 0 Å². The Morgan fingerprint density at radius 2 is 1.70 bits per heavy atom. The minimum Gasteiger partial charge on any atom is -0.497 e. The summed E-state index contributed by atoms with van der Waals surface area (Å²) in [5.74, 6) is 0.0163. The van der Waals surface area contributed by atoms with Gasteiger partial charge in [0.25, 0.3) is 5.91 Å². The zero-order valence-electron chi connectivity index (χ0n) is 32.3. The van der Waals surface area contributed by atoms with Gasteiger partial charge in [0.2, 0.25) is 0 Å². The Hall–Kier alpha value is -4.14. The predicted octanol–water partition coefficient (Wildman–Crippen LogP) is 5.48. The molecular weight excluding hydrogens is 711 g/mol. The number of carbonyl (C=O) groups excluding carboxylic acids is 3. The third-order valence-electron chi connectivity index (χ3n) is 11.8. The summed E-state index contributed by atoms with van der Waals surface area (Å²) in [6.45, 7) is 8.61. The Labute approximate surface area is 318 Å². The van der Waals surface area contributed by atoms with Crippen molar-refractivity contribution in [3.8, 4) is 17.0 Å². The van der Waals surface area contributed by atoms with Gasteiger partial charge in [-0.1, -0.05) is 25.3 Å². The molecule has 2 aromatic carbocycles. The van der Waals surface area contributed by atoms with E-state index in [1.54, 1.807) is 24.1 Å². The molecule has 0 radical (unpaired) electrons. The van der Waals surface area contributed by atoms with E-state index in [1.807, 2.05) is 39.0 Å². The number of benzene rings is 2. The average molecular weight is 764 g/mol. The number of esters is 1. The zero-order valence-corrected chi connectivity index (χ0v) is 33.1. The van der Waals surface area contributed by atoms with E-state index in [-0.39, 0.29) is 30.1 Å². The minimum atomic E-state index is -4.17. The number of methoxy groups -OCH3 is 2. The van der Waals surface area contributed by atoms with Crippen molar-refractivity contribution in [2.75, 3.05) is 60.5 Å². The van der Waals surface area contributed by atoms with Crippen LogP contribution in [0.5, 0.6) is 5.75 Å². The standard InChI is InChI=1S/C40H53N5O8S/c1-39(2,3)53-38(48)44-20-18-43(19-21-44)17-16-42(4)54(49,50)41-36(46)27-12-14-30-33(22-27)45-25-40(37(47)52-6)24-32(40)31-23-28(51-5)13-15-29(31)35(45)34(30)26-10-8-7-9-11-26/h12-15,22-23,26,32H,7-11,16-21,24-25H2,1-6H3,(H,41,46). The molecule has 292 valence electrons. The summed E-state index contributed by atoms with van der Waals surface area (Å²) in [7, 11) is 0.350. The first kappa shape index (κ1) is 38.1. The summed E-state index contributed by atoms with van der Waals surface area (Å²) in [6, 6.07) is 11.5. The van der Waals surface area contributed by atoms with Crippen molar-refractivity contribution < 1.29 is 37.0 Å². The molecule has 2 unspecified atom stereocenters. The van der Waals surface area contributed by atoms with Crippen molar-refractivity contribution in [3.05, 3.63) is 53.1 Å². The third-order valence-corrected chi connectivity index (χ3v) is 13.2. The largest absolute Gasteiger partial charge is 0.497 e. The summed E-state index contributed by atoms with van der Waals surface area (Å²) >= 11 is 0. The topological polar surface area (TPSA) is 140 Å². The number of nitrogens with one attached hydrogen (secondary N) is 1. The molecule has 2 aliphatic heterocycles. The van der Waals surface area contributed by atoms with Gasteiger partial charge < -0.3 is 23.7 Å². The molecule has 3 aromatic rings. The first-order chi connectivity index (χ1) is 25.7. The van der Waals surface area contributed by atoms with Crippen LogP contribution in [0.15, 0.2) is 36.4 Å². The first-order valence-electron chi connectivity index (χ1n) is 19.1. The zero-order chi connectivity index (χ0) is 38.6. The molecule has 3 fully saturated rings. The lowest BCUT2D eigenvalue weighted by Crippen LogP contribution is -2.52. The van der Waals surface area contributed by atoms with E-state index in [0.717, 1.165) is 63.5 Å². The van der Waals surface area contributed by atoms with Crippen LogP contribution in [0.1, 0.15) is 92.6 Å². The number of rotatable bonds is 9. The number of hydrogen-bond acceptors (Lipinski definition) is 9. The molecular formula is C40H53N5O8S. The van der Waals surface area contributed by atoms with Crippen LogP contribution in [0.3, 0.4) is 0 Å². The van der Waals surface area contributed by atoms with E-state index in [4.69, 9.17) is 14.2 Å². The maximum atomic E-state index is 13.7. The Balaban J connectivity index is 1.14. The van der Waals surface area contributed by atoms with Gasteiger partial charge in [0, 0.05) is 80.8 Å². The predicted molar refractivity (Wildman–Crippen MR) is 205 cm³/mol. The fourth-order valence-corrected chi connectivity index (χ4v) is 9.58. The lowest BCUT2D eigenvalue weighted by Gasteiger charge is -2.36. The van der Waals surface area contributed by atoms with Crippen LogP contribution in [0, 0.1) is 5.41 Å². The van der Waals surface area contributed by atoms with Crippen molar-refractivity contribution in [1.82, 2.24) is 23.4 Å². The molecule has 3 heterocycles. The molecule has 0 bridgehead atoms. The first-order valence-corrected chi connectivity index (χ1v) is 20.5. The van der Waals surface area contributed by atoms with E-state index in [0.29, 0.717) is 51.6 Å². The van der Waals surface area contributed by atoms with E-state index >= 15 is 0 Å². The van der Waals surface area contributed by atoms with E-state index in [1.165, 1.54) is 26.1 Å². The number of ether oxygens (including phenoxy) is 3. The van der Waals surface area contributed by atoms with E-state index < -0.39 is 27.1 Å². The highest BCUT2D eigenvalue weighted by Crippen LogP contribution is 2.66. The van der Waals surface area contributed by atoms with Gasteiger partial charge in [0.1, 0.15) is 11.4 Å². The van der Waals surface area contributed by atoms with E-state index in [2.05, 4.69) is 20.3 Å². The van der Waals surface area contributed by atoms with Crippen molar-refractivity contribution in [1.29, 1.82) is 0 Å². The fraction of sp³-hybridized carbons (Fsp3) is 0.575. The third kappa shape index (κ3) is 7.19. The van der Waals surface area contributed by atoms with E-state index in [9.17, 15) is 22.8 Å². The van der Waals surface area contributed by atoms with Crippen LogP contribution in [0.4, 0.5) is 4.79 Å². The van der Waals surface area contributed by atoms with Crippen molar-refractivity contribution in [3.63, 3.8) is 0 Å². The van der Waals surface area contributed by atoms with Gasteiger partial charge in [0.15, 0.2) is 0 Å². The highest BCUT2D eigenvalue weighted by atomic mass is 32.2. The number of hydrogen-bond donors (Lipinski definition) is 1. The van der Waals surface area contributed by atoms with Gasteiger partial charge in [-0.2, -0.15) is 12.7 Å². The van der Waals surface area contributed by atoms with Gasteiger partial charge in [-0.3, -0.25) is 14.5 Å². The molecule has 13 nitrogen and oxygen atoms in total. The Kier molecular flexibility index (Phi) is 10.2. The quantitative estimate of drug-likeness (QED) is 0.281. The van der Waals surface area contributed by atoms with Crippen LogP contribution in [-0.4, -0.2) is 111 Å². The Bertz CT molecular complexity index is 2060. The fourth-order valence-electron chi connectivity index (χ4n) is 8.75. The molecule has 1 aromatic heterocycles. The maximum absolute atomic E-state index is 13.7. The summed E-state index contributed by atoms with van der Waals surface area (Å²) < 4.78 is 49.0. The summed E-state index contributed by atoms with van der Waals surface area (Å²) in [5, 5.41) is 1.01. The highest BCUT2D eigenvalue weighted by molar-refractivity contribution is 7.87. The number of fused-ring (bicyclic) bond motifs is 7. The molecule has 2 amide bonds. The number of carbonyl (C=O) groups is 3. The maximum Gasteiger partial charge on any atom is 0.410 e. The molecule has 0 spiro atoms. The number of nitrogens with zero attached hydrogens (tertiary/aromatic N) is 4. The Morgan fingerprint density at radius 1 is 0.981 bits per heavy atom.